The van der Waals surface area contributed by atoms with Gasteiger partial charge in [0.15, 0.2) is 0 Å². The van der Waals surface area contributed by atoms with Crippen LogP contribution in [-0.4, -0.2) is 25.3 Å². The van der Waals surface area contributed by atoms with Crippen molar-refractivity contribution in [3.8, 4) is 0 Å². The minimum Gasteiger partial charge on any atom is -0.379 e. The molecule has 1 fully saturated rings. The van der Waals surface area contributed by atoms with Gasteiger partial charge < -0.3 is 10.1 Å². The first-order valence-corrected chi connectivity index (χ1v) is 4.42. The van der Waals surface area contributed by atoms with Gasteiger partial charge in [0.05, 0.1) is 5.60 Å². The van der Waals surface area contributed by atoms with E-state index in [4.69, 9.17) is 4.74 Å². The van der Waals surface area contributed by atoms with Crippen molar-refractivity contribution in [1.29, 1.82) is 0 Å². The molecule has 1 aliphatic rings. The highest BCUT2D eigenvalue weighted by molar-refractivity contribution is 4.81. The van der Waals surface area contributed by atoms with Crippen molar-refractivity contribution in [2.75, 3.05) is 13.7 Å². The van der Waals surface area contributed by atoms with Crippen LogP contribution in [0.1, 0.15) is 33.1 Å². The van der Waals surface area contributed by atoms with Crippen LogP contribution in [-0.2, 0) is 4.74 Å². The molecule has 1 N–H and O–H groups in total. The van der Waals surface area contributed by atoms with Crippen LogP contribution < -0.4 is 5.32 Å². The topological polar surface area (TPSA) is 21.3 Å². The van der Waals surface area contributed by atoms with Gasteiger partial charge in [-0.25, -0.2) is 0 Å². The molecule has 2 heteroatoms. The second-order valence-electron chi connectivity index (χ2n) is 3.96. The van der Waals surface area contributed by atoms with Gasteiger partial charge in [-0.3, -0.25) is 0 Å². The van der Waals surface area contributed by atoms with Crippen molar-refractivity contribution < 1.29 is 4.74 Å². The minimum atomic E-state index is 0.0437. The van der Waals surface area contributed by atoms with Gasteiger partial charge in [0.2, 0.25) is 0 Å². The van der Waals surface area contributed by atoms with E-state index in [9.17, 15) is 0 Å². The first-order chi connectivity index (χ1) is 5.14. The molecule has 1 rings (SSSR count). The molecular weight excluding hydrogens is 138 g/mol. The number of methoxy groups -OCH3 is 1. The lowest BCUT2D eigenvalue weighted by Gasteiger charge is -2.26. The Morgan fingerprint density at radius 2 is 2.27 bits per heavy atom. The summed E-state index contributed by atoms with van der Waals surface area (Å²) in [4.78, 5) is 0. The van der Waals surface area contributed by atoms with Gasteiger partial charge in [-0.1, -0.05) is 0 Å². The van der Waals surface area contributed by atoms with Crippen molar-refractivity contribution in [2.45, 2.75) is 44.8 Å². The zero-order valence-electron chi connectivity index (χ0n) is 7.81. The summed E-state index contributed by atoms with van der Waals surface area (Å²) in [5, 5.41) is 3.47. The van der Waals surface area contributed by atoms with Crippen molar-refractivity contribution in [3.05, 3.63) is 0 Å². The average molecular weight is 157 g/mol. The Kier molecular flexibility index (Phi) is 2.90. The van der Waals surface area contributed by atoms with E-state index < -0.39 is 0 Å². The molecule has 66 valence electrons. The largest absolute Gasteiger partial charge is 0.379 e. The zero-order valence-corrected chi connectivity index (χ0v) is 7.81. The third-order valence-corrected chi connectivity index (χ3v) is 2.45. The molecule has 0 amide bonds. The lowest BCUT2D eigenvalue weighted by Crippen LogP contribution is -2.33. The molecule has 1 aliphatic heterocycles. The molecule has 11 heavy (non-hydrogen) atoms. The van der Waals surface area contributed by atoms with Crippen molar-refractivity contribution >= 4 is 0 Å². The summed E-state index contributed by atoms with van der Waals surface area (Å²) >= 11 is 0. The van der Waals surface area contributed by atoms with Gasteiger partial charge in [0, 0.05) is 13.2 Å². The number of hydrogen-bond donors (Lipinski definition) is 1. The molecule has 0 aromatic rings. The number of rotatable bonds is 3. The highest BCUT2D eigenvalue weighted by Crippen LogP contribution is 2.20. The fourth-order valence-electron chi connectivity index (χ4n) is 1.61. The molecule has 0 spiro atoms. The summed E-state index contributed by atoms with van der Waals surface area (Å²) in [6, 6.07) is 0.685. The van der Waals surface area contributed by atoms with Crippen LogP contribution in [0, 0.1) is 0 Å². The van der Waals surface area contributed by atoms with E-state index in [1.165, 1.54) is 19.4 Å². The summed E-state index contributed by atoms with van der Waals surface area (Å²) in [6.07, 6.45) is 3.76. The van der Waals surface area contributed by atoms with Gasteiger partial charge in [-0.05, 0) is 39.7 Å². The van der Waals surface area contributed by atoms with E-state index in [-0.39, 0.29) is 5.60 Å². The first kappa shape index (κ1) is 9.01. The lowest BCUT2D eigenvalue weighted by atomic mass is 9.98. The standard InChI is InChI=1S/C9H19NO/c1-9(2,11-3)7-8-5-4-6-10-8/h8,10H,4-7H2,1-3H3. The van der Waals surface area contributed by atoms with E-state index in [1.54, 1.807) is 7.11 Å². The molecule has 0 aliphatic carbocycles. The van der Waals surface area contributed by atoms with Gasteiger partial charge in [0.25, 0.3) is 0 Å². The Morgan fingerprint density at radius 3 is 2.73 bits per heavy atom. The Hall–Kier alpha value is -0.0800. The highest BCUT2D eigenvalue weighted by atomic mass is 16.5. The molecule has 0 aromatic carbocycles. The Labute approximate surface area is 69.3 Å². The molecule has 0 radical (unpaired) electrons. The molecule has 0 aromatic heterocycles. The second kappa shape index (κ2) is 3.55. The predicted octanol–water partition coefficient (Wildman–Crippen LogP) is 1.55. The van der Waals surface area contributed by atoms with Gasteiger partial charge in [-0.2, -0.15) is 0 Å². The smallest absolute Gasteiger partial charge is 0.0637 e. The summed E-state index contributed by atoms with van der Waals surface area (Å²) in [6.45, 7) is 5.48. The second-order valence-corrected chi connectivity index (χ2v) is 3.96. The molecule has 0 saturated carbocycles. The Morgan fingerprint density at radius 1 is 1.55 bits per heavy atom. The molecule has 0 bridgehead atoms. The molecular formula is C9H19NO. The normalized spacial score (nSPS) is 25.9. The van der Waals surface area contributed by atoms with Crippen LogP contribution in [0.2, 0.25) is 0 Å². The molecule has 1 saturated heterocycles. The zero-order chi connectivity index (χ0) is 8.32. The third-order valence-electron chi connectivity index (χ3n) is 2.45. The number of ether oxygens (including phenoxy) is 1. The van der Waals surface area contributed by atoms with E-state index in [1.807, 2.05) is 0 Å². The van der Waals surface area contributed by atoms with Gasteiger partial charge >= 0.3 is 0 Å². The quantitative estimate of drug-likeness (QED) is 0.671. The number of nitrogens with one attached hydrogen (secondary N) is 1. The van der Waals surface area contributed by atoms with Gasteiger partial charge in [0.1, 0.15) is 0 Å². The average Bonchev–Trinajstić information content (AvgIpc) is 2.39. The molecule has 2 nitrogen and oxygen atoms in total. The van der Waals surface area contributed by atoms with E-state index in [2.05, 4.69) is 19.2 Å². The number of hydrogen-bond acceptors (Lipinski definition) is 2. The Balaban J connectivity index is 2.28. The fourth-order valence-corrected chi connectivity index (χ4v) is 1.61. The van der Waals surface area contributed by atoms with Crippen LogP contribution in [0.4, 0.5) is 0 Å². The summed E-state index contributed by atoms with van der Waals surface area (Å²) in [5.74, 6) is 0. The molecule has 1 atom stereocenters. The monoisotopic (exact) mass is 157 g/mol. The summed E-state index contributed by atoms with van der Waals surface area (Å²) < 4.78 is 5.36. The highest BCUT2D eigenvalue weighted by Gasteiger charge is 2.24. The minimum absolute atomic E-state index is 0.0437. The van der Waals surface area contributed by atoms with Crippen LogP contribution in [0.15, 0.2) is 0 Å². The van der Waals surface area contributed by atoms with Crippen molar-refractivity contribution in [1.82, 2.24) is 5.32 Å². The molecule has 1 heterocycles. The van der Waals surface area contributed by atoms with E-state index in [0.29, 0.717) is 6.04 Å². The SMILES string of the molecule is COC(C)(C)CC1CCCN1. The van der Waals surface area contributed by atoms with Crippen LogP contribution in [0.5, 0.6) is 0 Å². The lowest BCUT2D eigenvalue weighted by molar-refractivity contribution is 0.00863. The van der Waals surface area contributed by atoms with Gasteiger partial charge in [-0.15, -0.1) is 0 Å². The van der Waals surface area contributed by atoms with Crippen LogP contribution in [0.3, 0.4) is 0 Å². The maximum Gasteiger partial charge on any atom is 0.0637 e. The van der Waals surface area contributed by atoms with E-state index in [0.717, 1.165) is 6.42 Å². The third kappa shape index (κ3) is 2.80. The summed E-state index contributed by atoms with van der Waals surface area (Å²) in [7, 11) is 1.79. The maximum atomic E-state index is 5.36. The predicted molar refractivity (Wildman–Crippen MR) is 46.7 cm³/mol. The van der Waals surface area contributed by atoms with Crippen LogP contribution >= 0.6 is 0 Å². The van der Waals surface area contributed by atoms with Crippen LogP contribution in [0.25, 0.3) is 0 Å². The Bertz CT molecular complexity index is 117. The first-order valence-electron chi connectivity index (χ1n) is 4.42. The fraction of sp³-hybridized carbons (Fsp3) is 1.00. The summed E-state index contributed by atoms with van der Waals surface area (Å²) in [5.41, 5.74) is 0.0437. The maximum absolute atomic E-state index is 5.36. The molecule has 1 unspecified atom stereocenters. The van der Waals surface area contributed by atoms with Crippen molar-refractivity contribution in [3.63, 3.8) is 0 Å². The van der Waals surface area contributed by atoms with E-state index >= 15 is 0 Å². The van der Waals surface area contributed by atoms with Crippen molar-refractivity contribution in [2.24, 2.45) is 0 Å².